The van der Waals surface area contributed by atoms with Crippen LogP contribution in [0.25, 0.3) is 0 Å². The Bertz CT molecular complexity index is 639. The molecule has 0 unspecified atom stereocenters. The van der Waals surface area contributed by atoms with Crippen LogP contribution in [0, 0.1) is 0 Å². The van der Waals surface area contributed by atoms with Crippen molar-refractivity contribution in [3.05, 3.63) is 64.7 Å². The quantitative estimate of drug-likeness (QED) is 0.607. The Morgan fingerprint density at radius 3 is 2.24 bits per heavy atom. The predicted octanol–water partition coefficient (Wildman–Crippen LogP) is 6.15. The number of hydrogen-bond donors (Lipinski definition) is 1. The van der Waals surface area contributed by atoms with Crippen molar-refractivity contribution in [1.82, 2.24) is 5.32 Å². The van der Waals surface area contributed by atoms with Crippen molar-refractivity contribution in [2.45, 2.75) is 57.7 Å². The second kappa shape index (κ2) is 10.7. The zero-order valence-corrected chi connectivity index (χ0v) is 16.1. The maximum Gasteiger partial charge on any atom is 0.124 e. The van der Waals surface area contributed by atoms with Gasteiger partial charge in [0.05, 0.1) is 0 Å². The molecule has 136 valence electrons. The lowest BCUT2D eigenvalue weighted by atomic mass is 10.1. The highest BCUT2D eigenvalue weighted by atomic mass is 35.5. The van der Waals surface area contributed by atoms with E-state index in [1.165, 1.54) is 44.1 Å². The Hall–Kier alpha value is -1.22. The van der Waals surface area contributed by atoms with Crippen LogP contribution < -0.4 is 10.1 Å². The smallest absolute Gasteiger partial charge is 0.124 e. The minimum Gasteiger partial charge on any atom is -0.489 e. The van der Waals surface area contributed by atoms with Gasteiger partial charge in [-0.3, -0.25) is 0 Å². The van der Waals surface area contributed by atoms with Gasteiger partial charge in [0, 0.05) is 28.7 Å². The largest absolute Gasteiger partial charge is 0.489 e. The molecule has 0 aliphatic heterocycles. The van der Waals surface area contributed by atoms with Crippen LogP contribution in [0.4, 0.5) is 0 Å². The molecule has 4 heteroatoms. The van der Waals surface area contributed by atoms with E-state index in [1.54, 1.807) is 0 Å². The molecule has 0 aromatic heterocycles. The zero-order chi connectivity index (χ0) is 16.6. The summed E-state index contributed by atoms with van der Waals surface area (Å²) in [6, 6.07) is 16.8. The van der Waals surface area contributed by atoms with E-state index in [2.05, 4.69) is 17.4 Å². The molecule has 0 radical (unpaired) electrons. The molecule has 0 amide bonds. The van der Waals surface area contributed by atoms with Gasteiger partial charge in [0.2, 0.25) is 0 Å². The maximum atomic E-state index is 6.22. The molecule has 1 aliphatic rings. The minimum atomic E-state index is 0. The van der Waals surface area contributed by atoms with Gasteiger partial charge in [0.15, 0.2) is 0 Å². The third-order valence-electron chi connectivity index (χ3n) is 4.75. The molecule has 0 spiro atoms. The van der Waals surface area contributed by atoms with Crippen LogP contribution in [0.1, 0.15) is 49.7 Å². The van der Waals surface area contributed by atoms with Gasteiger partial charge < -0.3 is 10.1 Å². The molecule has 2 aromatic rings. The summed E-state index contributed by atoms with van der Waals surface area (Å²) in [5, 5.41) is 4.48. The predicted molar refractivity (Wildman–Crippen MR) is 108 cm³/mol. The second-order valence-electron chi connectivity index (χ2n) is 6.56. The van der Waals surface area contributed by atoms with E-state index in [1.807, 2.05) is 36.4 Å². The molecule has 0 bridgehead atoms. The van der Waals surface area contributed by atoms with E-state index in [9.17, 15) is 0 Å². The fourth-order valence-corrected chi connectivity index (χ4v) is 3.49. The van der Waals surface area contributed by atoms with Gasteiger partial charge in [0.1, 0.15) is 12.4 Å². The normalized spacial score (nSPS) is 15.2. The summed E-state index contributed by atoms with van der Waals surface area (Å²) in [6.45, 7) is 1.36. The number of hydrogen-bond acceptors (Lipinski definition) is 2. The van der Waals surface area contributed by atoms with Crippen molar-refractivity contribution in [3.8, 4) is 5.75 Å². The van der Waals surface area contributed by atoms with Crippen molar-refractivity contribution in [2.24, 2.45) is 0 Å². The molecule has 2 nitrogen and oxygen atoms in total. The fraction of sp³-hybridized carbons (Fsp3) is 0.429. The van der Waals surface area contributed by atoms with Gasteiger partial charge in [0.25, 0.3) is 0 Å². The molecule has 1 saturated carbocycles. The van der Waals surface area contributed by atoms with Crippen LogP contribution in [-0.4, -0.2) is 6.04 Å². The molecule has 25 heavy (non-hydrogen) atoms. The topological polar surface area (TPSA) is 21.3 Å². The SMILES string of the molecule is Cl.Clc1ccccc1COc1ccccc1CNC1CCCCCC1. The van der Waals surface area contributed by atoms with Crippen molar-refractivity contribution >= 4 is 24.0 Å². The number of benzene rings is 2. The third kappa shape index (κ3) is 6.22. The van der Waals surface area contributed by atoms with Crippen LogP contribution in [0.5, 0.6) is 5.75 Å². The molecule has 3 rings (SSSR count). The minimum absolute atomic E-state index is 0. The second-order valence-corrected chi connectivity index (χ2v) is 6.96. The first-order valence-corrected chi connectivity index (χ1v) is 9.38. The van der Waals surface area contributed by atoms with Gasteiger partial charge in [-0.05, 0) is 25.0 Å². The van der Waals surface area contributed by atoms with Gasteiger partial charge in [-0.2, -0.15) is 0 Å². The lowest BCUT2D eigenvalue weighted by Crippen LogP contribution is -2.28. The number of ether oxygens (including phenoxy) is 1. The van der Waals surface area contributed by atoms with Crippen LogP contribution in [0.15, 0.2) is 48.5 Å². The first-order chi connectivity index (χ1) is 11.8. The molecular weight excluding hydrogens is 353 g/mol. The average molecular weight is 380 g/mol. The molecule has 0 atom stereocenters. The van der Waals surface area contributed by atoms with Crippen LogP contribution in [-0.2, 0) is 13.2 Å². The van der Waals surface area contributed by atoms with E-state index in [-0.39, 0.29) is 12.4 Å². The van der Waals surface area contributed by atoms with Crippen LogP contribution in [0.3, 0.4) is 0 Å². The molecule has 1 N–H and O–H groups in total. The van der Waals surface area contributed by atoms with Crippen LogP contribution >= 0.6 is 24.0 Å². The Balaban J connectivity index is 0.00000225. The lowest BCUT2D eigenvalue weighted by Gasteiger charge is -2.18. The van der Waals surface area contributed by atoms with Crippen molar-refractivity contribution in [3.63, 3.8) is 0 Å². The van der Waals surface area contributed by atoms with E-state index in [4.69, 9.17) is 16.3 Å². The summed E-state index contributed by atoms with van der Waals surface area (Å²) < 4.78 is 6.04. The summed E-state index contributed by atoms with van der Waals surface area (Å²) in [4.78, 5) is 0. The lowest BCUT2D eigenvalue weighted by molar-refractivity contribution is 0.301. The number of nitrogens with one attached hydrogen (secondary N) is 1. The highest BCUT2D eigenvalue weighted by Gasteiger charge is 2.12. The molecule has 2 aromatic carbocycles. The highest BCUT2D eigenvalue weighted by Crippen LogP contribution is 2.23. The molecular formula is C21H27Cl2NO. The van der Waals surface area contributed by atoms with Gasteiger partial charge in [-0.15, -0.1) is 12.4 Å². The molecule has 1 aliphatic carbocycles. The van der Waals surface area contributed by atoms with Gasteiger partial charge in [-0.1, -0.05) is 73.7 Å². The summed E-state index contributed by atoms with van der Waals surface area (Å²) >= 11 is 6.22. The van der Waals surface area contributed by atoms with Crippen molar-refractivity contribution < 1.29 is 4.74 Å². The van der Waals surface area contributed by atoms with Crippen LogP contribution in [0.2, 0.25) is 5.02 Å². The van der Waals surface area contributed by atoms with Crippen molar-refractivity contribution in [2.75, 3.05) is 0 Å². The van der Waals surface area contributed by atoms with E-state index in [0.717, 1.165) is 22.9 Å². The number of halogens is 2. The monoisotopic (exact) mass is 379 g/mol. The summed E-state index contributed by atoms with van der Waals surface area (Å²) in [5.74, 6) is 0.943. The molecule has 0 saturated heterocycles. The Morgan fingerprint density at radius 2 is 1.52 bits per heavy atom. The van der Waals surface area contributed by atoms with E-state index < -0.39 is 0 Å². The van der Waals surface area contributed by atoms with E-state index in [0.29, 0.717) is 12.6 Å². The third-order valence-corrected chi connectivity index (χ3v) is 5.12. The fourth-order valence-electron chi connectivity index (χ4n) is 3.30. The zero-order valence-electron chi connectivity index (χ0n) is 14.5. The van der Waals surface area contributed by atoms with Gasteiger partial charge >= 0.3 is 0 Å². The maximum absolute atomic E-state index is 6.22. The number of para-hydroxylation sites is 1. The van der Waals surface area contributed by atoms with Crippen molar-refractivity contribution in [1.29, 1.82) is 0 Å². The number of rotatable bonds is 6. The first-order valence-electron chi connectivity index (χ1n) is 9.00. The summed E-state index contributed by atoms with van der Waals surface area (Å²) in [7, 11) is 0. The first kappa shape index (κ1) is 20.1. The molecule has 0 heterocycles. The highest BCUT2D eigenvalue weighted by molar-refractivity contribution is 6.31. The Kier molecular flexibility index (Phi) is 8.60. The van der Waals surface area contributed by atoms with E-state index >= 15 is 0 Å². The average Bonchev–Trinajstić information content (AvgIpc) is 2.89. The Morgan fingerprint density at radius 1 is 0.880 bits per heavy atom. The molecule has 1 fully saturated rings. The summed E-state index contributed by atoms with van der Waals surface area (Å²) in [5.41, 5.74) is 2.24. The Labute approximate surface area is 162 Å². The standard InChI is InChI=1S/C21H26ClNO.ClH/c22-20-13-7-5-10-18(20)16-24-21-14-8-6-9-17(21)15-23-19-11-3-1-2-4-12-19;/h5-10,13-14,19,23H,1-4,11-12,15-16H2;1H. The van der Waals surface area contributed by atoms with Gasteiger partial charge in [-0.25, -0.2) is 0 Å². The summed E-state index contributed by atoms with van der Waals surface area (Å²) in [6.07, 6.45) is 8.06.